The first kappa shape index (κ1) is 24.3. The number of rotatable bonds is 8. The fourth-order valence-electron chi connectivity index (χ4n) is 3.36. The molecule has 35 heavy (non-hydrogen) atoms. The summed E-state index contributed by atoms with van der Waals surface area (Å²) in [4.78, 5) is 37.2. The Hall–Kier alpha value is -3.82. The largest absolute Gasteiger partial charge is 0.493 e. The number of halogens is 1. The molecule has 0 spiro atoms. The summed E-state index contributed by atoms with van der Waals surface area (Å²) in [5, 5.41) is 10.9. The minimum absolute atomic E-state index is 0.00295. The van der Waals surface area contributed by atoms with Crippen molar-refractivity contribution in [2.24, 2.45) is 0 Å². The minimum atomic E-state index is -0.465. The van der Waals surface area contributed by atoms with Crippen molar-refractivity contribution < 1.29 is 24.0 Å². The van der Waals surface area contributed by atoms with Gasteiger partial charge in [0.05, 0.1) is 23.5 Å². The first-order chi connectivity index (χ1) is 16.9. The zero-order valence-corrected chi connectivity index (χ0v) is 20.0. The van der Waals surface area contributed by atoms with E-state index in [-0.39, 0.29) is 29.0 Å². The molecule has 1 aliphatic heterocycles. The van der Waals surface area contributed by atoms with E-state index in [2.05, 4.69) is 0 Å². The Bertz CT molecular complexity index is 1330. The smallest absolute Gasteiger partial charge is 0.293 e. The van der Waals surface area contributed by atoms with Crippen molar-refractivity contribution in [3.8, 4) is 11.5 Å². The van der Waals surface area contributed by atoms with Gasteiger partial charge in [-0.25, -0.2) is 0 Å². The molecule has 1 aliphatic rings. The molecule has 3 aromatic rings. The van der Waals surface area contributed by atoms with Gasteiger partial charge in [0.15, 0.2) is 11.5 Å². The molecule has 178 valence electrons. The third kappa shape index (κ3) is 5.64. The molecule has 0 atom stereocenters. The molecule has 8 nitrogen and oxygen atoms in total. The van der Waals surface area contributed by atoms with E-state index in [1.54, 1.807) is 60.7 Å². The molecule has 2 amide bonds. The number of nitrogens with zero attached hydrogens (tertiary/aromatic N) is 2. The minimum Gasteiger partial charge on any atom is -0.493 e. The topological polar surface area (TPSA) is 99.0 Å². The maximum atomic E-state index is 12.9. The molecule has 3 aromatic carbocycles. The quantitative estimate of drug-likeness (QED) is 0.206. The fourth-order valence-corrected chi connectivity index (χ4v) is 4.39. The van der Waals surface area contributed by atoms with Gasteiger partial charge in [0.1, 0.15) is 6.61 Å². The SMILES string of the molecule is COc1ccc(/C=C2\SC(=O)N(Cc3ccccc3Cl)C2=O)cc1OCc1ccc([N+](=O)[O-])cc1. The number of benzene rings is 3. The standard InChI is InChI=1S/C25H19ClN2O6S/c1-33-21-11-8-17(12-22(21)34-15-16-6-9-19(10-7-16)28(31)32)13-23-24(29)27(25(30)35-23)14-18-4-2-3-5-20(18)26/h2-13H,14-15H2,1H3/b23-13-. The van der Waals surface area contributed by atoms with Gasteiger partial charge in [0.2, 0.25) is 0 Å². The van der Waals surface area contributed by atoms with Crippen LogP contribution in [0.5, 0.6) is 11.5 Å². The van der Waals surface area contributed by atoms with Crippen LogP contribution in [0.15, 0.2) is 71.6 Å². The van der Waals surface area contributed by atoms with E-state index in [1.807, 2.05) is 0 Å². The lowest BCUT2D eigenvalue weighted by Crippen LogP contribution is -2.27. The highest BCUT2D eigenvalue weighted by molar-refractivity contribution is 8.18. The van der Waals surface area contributed by atoms with Crippen molar-refractivity contribution in [3.05, 3.63) is 103 Å². The Balaban J connectivity index is 1.51. The monoisotopic (exact) mass is 510 g/mol. The van der Waals surface area contributed by atoms with E-state index < -0.39 is 10.8 Å². The van der Waals surface area contributed by atoms with Gasteiger partial charge in [0.25, 0.3) is 16.8 Å². The summed E-state index contributed by atoms with van der Waals surface area (Å²) in [7, 11) is 1.51. The first-order valence-corrected chi connectivity index (χ1v) is 11.6. The average Bonchev–Trinajstić information content (AvgIpc) is 3.11. The van der Waals surface area contributed by atoms with Crippen LogP contribution in [-0.4, -0.2) is 28.1 Å². The molecule has 0 aromatic heterocycles. The second-order valence-electron chi connectivity index (χ2n) is 7.48. The van der Waals surface area contributed by atoms with E-state index in [9.17, 15) is 19.7 Å². The van der Waals surface area contributed by atoms with Crippen LogP contribution in [0.3, 0.4) is 0 Å². The lowest BCUT2D eigenvalue weighted by molar-refractivity contribution is -0.384. The molecular weight excluding hydrogens is 492 g/mol. The number of hydrogen-bond acceptors (Lipinski definition) is 7. The maximum absolute atomic E-state index is 12.9. The van der Waals surface area contributed by atoms with Gasteiger partial charge in [-0.15, -0.1) is 0 Å². The summed E-state index contributed by atoms with van der Waals surface area (Å²) in [5.74, 6) is 0.509. The number of thioether (sulfide) groups is 1. The molecule has 1 fully saturated rings. The van der Waals surface area contributed by atoms with Crippen LogP contribution in [0.4, 0.5) is 10.5 Å². The summed E-state index contributed by atoms with van der Waals surface area (Å²) >= 11 is 7.04. The van der Waals surface area contributed by atoms with Crippen molar-refractivity contribution in [3.63, 3.8) is 0 Å². The summed E-state index contributed by atoms with van der Waals surface area (Å²) in [6, 6.07) is 18.3. The highest BCUT2D eigenvalue weighted by atomic mass is 35.5. The van der Waals surface area contributed by atoms with Crippen molar-refractivity contribution in [2.75, 3.05) is 7.11 Å². The van der Waals surface area contributed by atoms with Crippen LogP contribution in [-0.2, 0) is 17.9 Å². The van der Waals surface area contributed by atoms with E-state index >= 15 is 0 Å². The molecule has 0 N–H and O–H groups in total. The molecule has 1 saturated heterocycles. The number of nitro groups is 1. The number of amides is 2. The third-order valence-electron chi connectivity index (χ3n) is 5.19. The molecular formula is C25H19ClN2O6S. The summed E-state index contributed by atoms with van der Waals surface area (Å²) in [6.45, 7) is 0.250. The number of carbonyl (C=O) groups excluding carboxylic acids is 2. The summed E-state index contributed by atoms with van der Waals surface area (Å²) in [5.41, 5.74) is 2.07. The van der Waals surface area contributed by atoms with Crippen LogP contribution in [0.1, 0.15) is 16.7 Å². The number of nitro benzene ring substituents is 1. The normalized spacial score (nSPS) is 14.5. The molecule has 10 heteroatoms. The Kier molecular flexibility index (Phi) is 7.38. The first-order valence-electron chi connectivity index (χ1n) is 10.4. The van der Waals surface area contributed by atoms with Gasteiger partial charge in [0, 0.05) is 17.2 Å². The lowest BCUT2D eigenvalue weighted by Gasteiger charge is -2.13. The van der Waals surface area contributed by atoms with E-state index in [0.717, 1.165) is 22.2 Å². The van der Waals surface area contributed by atoms with E-state index in [0.29, 0.717) is 27.6 Å². The van der Waals surface area contributed by atoms with Crippen molar-refractivity contribution >= 4 is 46.3 Å². The van der Waals surface area contributed by atoms with Gasteiger partial charge in [-0.3, -0.25) is 24.6 Å². The van der Waals surface area contributed by atoms with Gasteiger partial charge >= 0.3 is 0 Å². The van der Waals surface area contributed by atoms with Crippen molar-refractivity contribution in [1.29, 1.82) is 0 Å². The van der Waals surface area contributed by atoms with Crippen LogP contribution in [0, 0.1) is 10.1 Å². The second-order valence-corrected chi connectivity index (χ2v) is 8.88. The lowest BCUT2D eigenvalue weighted by atomic mass is 10.1. The number of non-ortho nitro benzene ring substituents is 1. The molecule has 0 saturated carbocycles. The second kappa shape index (κ2) is 10.6. The Morgan fingerprint density at radius 3 is 2.49 bits per heavy atom. The summed E-state index contributed by atoms with van der Waals surface area (Å²) in [6.07, 6.45) is 1.62. The highest BCUT2D eigenvalue weighted by Crippen LogP contribution is 2.36. The van der Waals surface area contributed by atoms with Gasteiger partial charge in [-0.1, -0.05) is 35.9 Å². The number of ether oxygens (including phenoxy) is 2. The molecule has 0 aliphatic carbocycles. The summed E-state index contributed by atoms with van der Waals surface area (Å²) < 4.78 is 11.2. The average molecular weight is 511 g/mol. The Morgan fingerprint density at radius 2 is 1.80 bits per heavy atom. The number of methoxy groups -OCH3 is 1. The van der Waals surface area contributed by atoms with Crippen LogP contribution in [0.2, 0.25) is 5.02 Å². The molecule has 1 heterocycles. The van der Waals surface area contributed by atoms with Crippen LogP contribution < -0.4 is 9.47 Å². The Labute approximate surface area is 210 Å². The molecule has 0 unspecified atom stereocenters. The fraction of sp³-hybridized carbons (Fsp3) is 0.120. The zero-order valence-electron chi connectivity index (χ0n) is 18.5. The van der Waals surface area contributed by atoms with Gasteiger partial charge in [-0.2, -0.15) is 0 Å². The van der Waals surface area contributed by atoms with Crippen LogP contribution in [0.25, 0.3) is 6.08 Å². The maximum Gasteiger partial charge on any atom is 0.293 e. The predicted molar refractivity (Wildman–Crippen MR) is 133 cm³/mol. The highest BCUT2D eigenvalue weighted by Gasteiger charge is 2.35. The third-order valence-corrected chi connectivity index (χ3v) is 6.46. The number of imide groups is 1. The van der Waals surface area contributed by atoms with E-state index in [1.165, 1.54) is 19.2 Å². The number of hydrogen-bond donors (Lipinski definition) is 0. The molecule has 4 rings (SSSR count). The predicted octanol–water partition coefficient (Wildman–Crippen LogP) is 6.07. The molecule has 0 bridgehead atoms. The van der Waals surface area contributed by atoms with Crippen molar-refractivity contribution in [1.82, 2.24) is 4.90 Å². The zero-order chi connectivity index (χ0) is 24.9. The number of carbonyl (C=O) groups is 2. The van der Waals surface area contributed by atoms with E-state index in [4.69, 9.17) is 21.1 Å². The molecule has 0 radical (unpaired) electrons. The van der Waals surface area contributed by atoms with Gasteiger partial charge in [-0.05, 0) is 64.9 Å². The van der Waals surface area contributed by atoms with Crippen LogP contribution >= 0.6 is 23.4 Å². The van der Waals surface area contributed by atoms with Crippen molar-refractivity contribution in [2.45, 2.75) is 13.2 Å². The Morgan fingerprint density at radius 1 is 1.06 bits per heavy atom. The van der Waals surface area contributed by atoms with Gasteiger partial charge < -0.3 is 9.47 Å².